The van der Waals surface area contributed by atoms with E-state index in [2.05, 4.69) is 0 Å². The number of nitrogens with zero attached hydrogens (tertiary/aromatic N) is 4. The quantitative estimate of drug-likeness (QED) is 0.0791. The van der Waals surface area contributed by atoms with Crippen LogP contribution in [-0.4, -0.2) is 47.2 Å². The first-order chi connectivity index (χ1) is 23.2. The highest BCUT2D eigenvalue weighted by Crippen LogP contribution is 2.64. The van der Waals surface area contributed by atoms with Gasteiger partial charge < -0.3 is 9.84 Å². The molecule has 254 valence electrons. The number of para-hydroxylation sites is 1. The van der Waals surface area contributed by atoms with E-state index in [1.54, 1.807) is 25.1 Å². The lowest BCUT2D eigenvalue weighted by atomic mass is 9.64. The second kappa shape index (κ2) is 11.1. The number of phenols is 1. The Morgan fingerprint density at radius 3 is 2.14 bits per heavy atom. The number of allylic oxidation sites excluding steroid dienone is 2. The molecule has 0 unspecified atom stereocenters. The topological polar surface area (TPSA) is 116 Å². The van der Waals surface area contributed by atoms with Crippen LogP contribution in [0.3, 0.4) is 0 Å². The maximum atomic E-state index is 15.2. The Labute approximate surface area is 281 Å². The largest absolute Gasteiger partial charge is 0.504 e. The molecule has 4 aromatic rings. The van der Waals surface area contributed by atoms with Crippen LogP contribution in [0.2, 0.25) is 0 Å². The highest BCUT2D eigenvalue weighted by Gasteiger charge is 2.76. The monoisotopic (exact) mass is 722 g/mol. The number of hydrogen-bond acceptors (Lipinski definition) is 6. The molecule has 1 N–H and O–H groups in total. The summed E-state index contributed by atoms with van der Waals surface area (Å²) in [6.45, 7) is 1.43. The Bertz CT molecular complexity index is 2240. The average Bonchev–Trinajstić information content (AvgIpc) is 3.42. The minimum atomic E-state index is -2.73. The lowest BCUT2D eigenvalue weighted by Gasteiger charge is -2.49. The molecule has 1 aromatic heterocycles. The predicted molar refractivity (Wildman–Crippen MR) is 164 cm³/mol. The maximum Gasteiger partial charge on any atom is 0.352 e. The number of alkyl halides is 2. The van der Waals surface area contributed by atoms with Gasteiger partial charge in [0.1, 0.15) is 5.69 Å². The molecule has 1 aliphatic carbocycles. The number of fused-ring (bicyclic) bond motifs is 4. The van der Waals surface area contributed by atoms with Gasteiger partial charge in [-0.05, 0) is 42.3 Å². The number of aromatic nitrogens is 3. The van der Waals surface area contributed by atoms with Gasteiger partial charge in [-0.25, -0.2) is 50.4 Å². The molecule has 10 nitrogen and oxygen atoms in total. The number of ether oxygens (including phenoxy) is 1. The standard InChI is InChI=1S/C32H21Cl2F5N4O6/c1-2-49-19-12-14(8-9-18(19)44)20-16-10-11-40-29(47)41(15-6-4-3-5-7-15)30(48)43(40)17(16)13-31(33)27(45)42(28(46)32(20,31)34)26-24(38)22(36)21(35)23(37)25(26)39/h3-10,12,17,20,44H,2,11,13H2,1H3/t17-,20+,31-,32+/m1/s1. The maximum absolute atomic E-state index is 15.2. The van der Waals surface area contributed by atoms with Crippen LogP contribution < -0.4 is 21.0 Å². The first-order valence-corrected chi connectivity index (χ1v) is 15.4. The van der Waals surface area contributed by atoms with E-state index in [1.807, 2.05) is 0 Å². The summed E-state index contributed by atoms with van der Waals surface area (Å²) in [6.07, 6.45) is 0.726. The summed E-state index contributed by atoms with van der Waals surface area (Å²) >= 11 is 14.2. The lowest BCUT2D eigenvalue weighted by Crippen LogP contribution is -2.59. The summed E-state index contributed by atoms with van der Waals surface area (Å²) in [7, 11) is 0. The molecular weight excluding hydrogens is 702 g/mol. The number of aromatic hydroxyl groups is 1. The third-order valence-electron chi connectivity index (χ3n) is 9.12. The van der Waals surface area contributed by atoms with Crippen molar-refractivity contribution >= 4 is 40.7 Å². The molecule has 49 heavy (non-hydrogen) atoms. The fourth-order valence-electron chi connectivity index (χ4n) is 6.98. The van der Waals surface area contributed by atoms with Crippen LogP contribution in [-0.2, 0) is 16.1 Å². The number of amides is 2. The van der Waals surface area contributed by atoms with Gasteiger partial charge in [-0.3, -0.25) is 9.59 Å². The van der Waals surface area contributed by atoms with Crippen molar-refractivity contribution in [1.29, 1.82) is 0 Å². The molecule has 0 bridgehead atoms. The second-order valence-electron chi connectivity index (χ2n) is 11.6. The molecule has 4 atom stereocenters. The Morgan fingerprint density at radius 1 is 0.878 bits per heavy atom. The molecular formula is C32H21Cl2F5N4O6. The fraction of sp³-hybridized carbons (Fsp3) is 0.250. The molecule has 0 radical (unpaired) electrons. The normalized spacial score (nSPS) is 24.4. The summed E-state index contributed by atoms with van der Waals surface area (Å²) < 4.78 is 81.6. The minimum absolute atomic E-state index is 0.0592. The van der Waals surface area contributed by atoms with E-state index >= 15 is 8.78 Å². The van der Waals surface area contributed by atoms with E-state index in [1.165, 1.54) is 36.4 Å². The van der Waals surface area contributed by atoms with Crippen LogP contribution >= 0.6 is 23.2 Å². The van der Waals surface area contributed by atoms with Crippen LogP contribution in [0.15, 0.2) is 69.8 Å². The number of anilines is 1. The van der Waals surface area contributed by atoms with Gasteiger partial charge >= 0.3 is 11.4 Å². The molecule has 1 saturated carbocycles. The van der Waals surface area contributed by atoms with Gasteiger partial charge in [0, 0.05) is 12.3 Å². The summed E-state index contributed by atoms with van der Waals surface area (Å²) in [5, 5.41) is 10.4. The Balaban J connectivity index is 1.50. The first kappa shape index (κ1) is 32.6. The predicted octanol–water partition coefficient (Wildman–Crippen LogP) is 4.80. The number of phenolic OH excluding ortho intramolecular Hbond substituents is 1. The number of hydrogen-bond donors (Lipinski definition) is 1. The van der Waals surface area contributed by atoms with Crippen molar-refractivity contribution in [3.8, 4) is 17.2 Å². The summed E-state index contributed by atoms with van der Waals surface area (Å²) in [5.74, 6) is -17.6. The van der Waals surface area contributed by atoms with Crippen molar-refractivity contribution in [3.63, 3.8) is 0 Å². The van der Waals surface area contributed by atoms with Crippen molar-refractivity contribution in [3.05, 3.63) is 116 Å². The van der Waals surface area contributed by atoms with E-state index in [-0.39, 0.29) is 46.4 Å². The molecule has 17 heteroatoms. The molecule has 3 aromatic carbocycles. The molecule has 2 fully saturated rings. The van der Waals surface area contributed by atoms with Gasteiger partial charge in [0.15, 0.2) is 44.5 Å². The molecule has 2 aliphatic heterocycles. The smallest absolute Gasteiger partial charge is 0.352 e. The zero-order chi connectivity index (χ0) is 35.3. The lowest BCUT2D eigenvalue weighted by molar-refractivity contribution is -0.122. The fourth-order valence-corrected chi connectivity index (χ4v) is 7.90. The highest BCUT2D eigenvalue weighted by molar-refractivity contribution is 6.58. The number of benzene rings is 3. The Hall–Kier alpha value is -4.89. The van der Waals surface area contributed by atoms with Gasteiger partial charge in [0.2, 0.25) is 5.82 Å². The molecule has 3 aliphatic rings. The van der Waals surface area contributed by atoms with E-state index in [0.717, 1.165) is 13.9 Å². The zero-order valence-corrected chi connectivity index (χ0v) is 26.4. The number of rotatable bonds is 5. The number of imide groups is 1. The van der Waals surface area contributed by atoms with Gasteiger partial charge in [-0.1, -0.05) is 30.3 Å². The van der Waals surface area contributed by atoms with E-state index in [4.69, 9.17) is 27.9 Å². The van der Waals surface area contributed by atoms with Crippen LogP contribution in [0.5, 0.6) is 11.5 Å². The SMILES string of the molecule is CCOc1cc([C@H]2C3=CCn4c(=O)n(-c5ccccc5)c(=O)n4[C@@H]3C[C@@]3(Cl)C(=O)N(c4c(F)c(F)c(F)c(F)c4F)C(=O)[C@@]23Cl)ccc1O. The van der Waals surface area contributed by atoms with E-state index in [0.29, 0.717) is 0 Å². The Morgan fingerprint density at radius 2 is 1.51 bits per heavy atom. The van der Waals surface area contributed by atoms with Gasteiger partial charge in [0.05, 0.1) is 24.9 Å². The van der Waals surface area contributed by atoms with Crippen molar-refractivity contribution in [1.82, 2.24) is 13.9 Å². The summed E-state index contributed by atoms with van der Waals surface area (Å²) in [5.41, 5.74) is -3.10. The van der Waals surface area contributed by atoms with Crippen molar-refractivity contribution < 1.29 is 41.4 Å². The third-order valence-corrected chi connectivity index (χ3v) is 10.5. The van der Waals surface area contributed by atoms with E-state index in [9.17, 15) is 37.5 Å². The Kier molecular flexibility index (Phi) is 7.37. The summed E-state index contributed by atoms with van der Waals surface area (Å²) in [4.78, 5) is 50.4. The van der Waals surface area contributed by atoms with Gasteiger partial charge in [-0.15, -0.1) is 23.2 Å². The van der Waals surface area contributed by atoms with Crippen LogP contribution in [0.25, 0.3) is 5.69 Å². The first-order valence-electron chi connectivity index (χ1n) is 14.6. The summed E-state index contributed by atoms with van der Waals surface area (Å²) in [6, 6.07) is 10.3. The van der Waals surface area contributed by atoms with Crippen molar-refractivity contribution in [2.24, 2.45) is 0 Å². The molecule has 1 saturated heterocycles. The molecule has 7 rings (SSSR count). The number of carbonyl (C=O) groups excluding carboxylic acids is 2. The zero-order valence-electron chi connectivity index (χ0n) is 24.9. The molecule has 2 amide bonds. The van der Waals surface area contributed by atoms with Gasteiger partial charge in [-0.2, -0.15) is 0 Å². The number of halogens is 7. The van der Waals surface area contributed by atoms with Crippen LogP contribution in [0.1, 0.15) is 30.9 Å². The van der Waals surface area contributed by atoms with Crippen molar-refractivity contribution in [2.45, 2.75) is 41.6 Å². The number of carbonyl (C=O) groups is 2. The second-order valence-corrected chi connectivity index (χ2v) is 12.8. The molecule has 3 heterocycles. The van der Waals surface area contributed by atoms with Crippen LogP contribution in [0.4, 0.5) is 27.6 Å². The minimum Gasteiger partial charge on any atom is -0.504 e. The highest BCUT2D eigenvalue weighted by atomic mass is 35.5. The van der Waals surface area contributed by atoms with E-state index < -0.39 is 86.1 Å². The van der Waals surface area contributed by atoms with Crippen molar-refractivity contribution in [2.75, 3.05) is 11.5 Å². The van der Waals surface area contributed by atoms with Crippen LogP contribution in [0, 0.1) is 29.1 Å². The average molecular weight is 723 g/mol. The molecule has 0 spiro atoms. The third kappa shape index (κ3) is 4.17. The van der Waals surface area contributed by atoms with Gasteiger partial charge in [0.25, 0.3) is 11.8 Å².